The SMILES string of the molecule is O=C(O)c1ccc2c(c1)oc(=O)n2CCCO. The Hall–Kier alpha value is -2.08. The number of carboxylic acids is 1. The first-order valence-electron chi connectivity index (χ1n) is 5.11. The van der Waals surface area contributed by atoms with Gasteiger partial charge in [0.25, 0.3) is 0 Å². The van der Waals surface area contributed by atoms with E-state index in [9.17, 15) is 9.59 Å². The van der Waals surface area contributed by atoms with Crippen molar-refractivity contribution >= 4 is 17.1 Å². The quantitative estimate of drug-likeness (QED) is 0.815. The zero-order valence-electron chi connectivity index (χ0n) is 8.92. The molecule has 90 valence electrons. The van der Waals surface area contributed by atoms with Crippen LogP contribution in [0.2, 0.25) is 0 Å². The number of rotatable bonds is 4. The molecule has 1 heterocycles. The number of aryl methyl sites for hydroxylation is 1. The number of fused-ring (bicyclic) bond motifs is 1. The average molecular weight is 237 g/mol. The summed E-state index contributed by atoms with van der Waals surface area (Å²) in [4.78, 5) is 22.2. The molecule has 0 amide bonds. The van der Waals surface area contributed by atoms with Crippen molar-refractivity contribution in [2.45, 2.75) is 13.0 Å². The fourth-order valence-electron chi connectivity index (χ4n) is 1.64. The second kappa shape index (κ2) is 4.42. The van der Waals surface area contributed by atoms with Crippen LogP contribution in [0, 0.1) is 0 Å². The number of hydrogen-bond acceptors (Lipinski definition) is 4. The highest BCUT2D eigenvalue weighted by Gasteiger charge is 2.11. The average Bonchev–Trinajstić information content (AvgIpc) is 2.61. The molecule has 0 fully saturated rings. The summed E-state index contributed by atoms with van der Waals surface area (Å²) >= 11 is 0. The van der Waals surface area contributed by atoms with Gasteiger partial charge in [0.1, 0.15) is 0 Å². The predicted octanol–water partition coefficient (Wildman–Crippen LogP) is 0.675. The summed E-state index contributed by atoms with van der Waals surface area (Å²) < 4.78 is 6.32. The molecule has 0 saturated heterocycles. The molecule has 0 atom stereocenters. The molecular formula is C11H11NO5. The molecule has 0 saturated carbocycles. The molecule has 0 aliphatic rings. The van der Waals surface area contributed by atoms with E-state index >= 15 is 0 Å². The third kappa shape index (κ3) is 2.07. The van der Waals surface area contributed by atoms with Crippen LogP contribution in [0.25, 0.3) is 11.1 Å². The number of aliphatic hydroxyl groups is 1. The third-order valence-electron chi connectivity index (χ3n) is 2.46. The van der Waals surface area contributed by atoms with Crippen LogP contribution in [0.3, 0.4) is 0 Å². The highest BCUT2D eigenvalue weighted by molar-refractivity contribution is 5.91. The maximum atomic E-state index is 11.5. The van der Waals surface area contributed by atoms with Crippen molar-refractivity contribution in [3.05, 3.63) is 34.3 Å². The van der Waals surface area contributed by atoms with E-state index in [2.05, 4.69) is 0 Å². The van der Waals surface area contributed by atoms with E-state index < -0.39 is 11.7 Å². The zero-order valence-corrected chi connectivity index (χ0v) is 8.92. The first-order chi connectivity index (χ1) is 8.13. The molecule has 17 heavy (non-hydrogen) atoms. The summed E-state index contributed by atoms with van der Waals surface area (Å²) in [6, 6.07) is 4.25. The van der Waals surface area contributed by atoms with Crippen molar-refractivity contribution < 1.29 is 19.4 Å². The van der Waals surface area contributed by atoms with Gasteiger partial charge in [0, 0.05) is 13.2 Å². The molecule has 0 bridgehead atoms. The molecule has 0 spiro atoms. The molecule has 0 unspecified atom stereocenters. The number of nitrogens with zero attached hydrogens (tertiary/aromatic N) is 1. The summed E-state index contributed by atoms with van der Waals surface area (Å²) in [5.41, 5.74) is 0.849. The predicted molar refractivity (Wildman–Crippen MR) is 59.1 cm³/mol. The lowest BCUT2D eigenvalue weighted by Gasteiger charge is -1.99. The second-order valence-corrected chi connectivity index (χ2v) is 3.58. The minimum Gasteiger partial charge on any atom is -0.478 e. The van der Waals surface area contributed by atoms with Gasteiger partial charge >= 0.3 is 11.7 Å². The first kappa shape index (κ1) is 11.4. The Bertz CT molecular complexity index is 610. The molecule has 6 heteroatoms. The van der Waals surface area contributed by atoms with Crippen LogP contribution < -0.4 is 5.76 Å². The molecule has 0 aliphatic heterocycles. The van der Waals surface area contributed by atoms with Gasteiger partial charge in [-0.05, 0) is 24.6 Å². The molecular weight excluding hydrogens is 226 g/mol. The third-order valence-corrected chi connectivity index (χ3v) is 2.46. The highest BCUT2D eigenvalue weighted by atomic mass is 16.4. The topological polar surface area (TPSA) is 92.7 Å². The van der Waals surface area contributed by atoms with Gasteiger partial charge in [-0.1, -0.05) is 0 Å². The normalized spacial score (nSPS) is 10.9. The summed E-state index contributed by atoms with van der Waals surface area (Å²) in [6.45, 7) is 0.321. The number of aliphatic hydroxyl groups excluding tert-OH is 1. The standard InChI is InChI=1S/C11H11NO5/c13-5-1-4-12-8-3-2-7(10(14)15)6-9(8)17-11(12)16/h2-3,6,13H,1,4-5H2,(H,14,15). The van der Waals surface area contributed by atoms with E-state index in [1.807, 2.05) is 0 Å². The van der Waals surface area contributed by atoms with Gasteiger partial charge < -0.3 is 14.6 Å². The number of hydrogen-bond donors (Lipinski definition) is 2. The van der Waals surface area contributed by atoms with Crippen molar-refractivity contribution in [2.24, 2.45) is 0 Å². The van der Waals surface area contributed by atoms with E-state index in [1.165, 1.54) is 22.8 Å². The van der Waals surface area contributed by atoms with Crippen LogP contribution in [0.4, 0.5) is 0 Å². The second-order valence-electron chi connectivity index (χ2n) is 3.58. The van der Waals surface area contributed by atoms with Crippen LogP contribution in [0.15, 0.2) is 27.4 Å². The van der Waals surface area contributed by atoms with Crippen molar-refractivity contribution in [1.82, 2.24) is 4.57 Å². The van der Waals surface area contributed by atoms with Gasteiger partial charge in [-0.25, -0.2) is 9.59 Å². The lowest BCUT2D eigenvalue weighted by Crippen LogP contribution is -2.14. The Labute approximate surface area is 95.7 Å². The first-order valence-corrected chi connectivity index (χ1v) is 5.11. The van der Waals surface area contributed by atoms with Crippen molar-refractivity contribution in [3.63, 3.8) is 0 Å². The Balaban J connectivity index is 2.52. The van der Waals surface area contributed by atoms with Crippen LogP contribution >= 0.6 is 0 Å². The molecule has 6 nitrogen and oxygen atoms in total. The number of oxazole rings is 1. The van der Waals surface area contributed by atoms with Crippen LogP contribution in [0.5, 0.6) is 0 Å². The lowest BCUT2D eigenvalue weighted by molar-refractivity contribution is 0.0697. The summed E-state index contributed by atoms with van der Waals surface area (Å²) in [5, 5.41) is 17.5. The monoisotopic (exact) mass is 237 g/mol. The molecule has 1 aromatic carbocycles. The van der Waals surface area contributed by atoms with Crippen molar-refractivity contribution in [3.8, 4) is 0 Å². The maximum absolute atomic E-state index is 11.5. The fraction of sp³-hybridized carbons (Fsp3) is 0.273. The zero-order chi connectivity index (χ0) is 12.4. The largest absolute Gasteiger partial charge is 0.478 e. The highest BCUT2D eigenvalue weighted by Crippen LogP contribution is 2.15. The van der Waals surface area contributed by atoms with Crippen molar-refractivity contribution in [2.75, 3.05) is 6.61 Å². The van der Waals surface area contributed by atoms with Crippen LogP contribution in [-0.2, 0) is 6.54 Å². The number of aromatic nitrogens is 1. The van der Waals surface area contributed by atoms with E-state index in [-0.39, 0.29) is 17.8 Å². The Morgan fingerprint density at radius 2 is 2.18 bits per heavy atom. The van der Waals surface area contributed by atoms with Crippen LogP contribution in [-0.4, -0.2) is 27.4 Å². The number of carbonyl (C=O) groups is 1. The van der Waals surface area contributed by atoms with Crippen LogP contribution in [0.1, 0.15) is 16.8 Å². The molecule has 2 rings (SSSR count). The smallest absolute Gasteiger partial charge is 0.419 e. The summed E-state index contributed by atoms with van der Waals surface area (Å²) in [6.07, 6.45) is 0.440. The number of carboxylic acid groups (broad SMARTS) is 1. The fourth-order valence-corrected chi connectivity index (χ4v) is 1.64. The maximum Gasteiger partial charge on any atom is 0.419 e. The summed E-state index contributed by atoms with van der Waals surface area (Å²) in [5.74, 6) is -1.62. The van der Waals surface area contributed by atoms with Gasteiger partial charge in [0.2, 0.25) is 0 Å². The van der Waals surface area contributed by atoms with E-state index in [0.717, 1.165) is 0 Å². The minimum absolute atomic E-state index is 0.0215. The number of aromatic carboxylic acids is 1. The Kier molecular flexibility index (Phi) is 2.97. The molecule has 0 aliphatic carbocycles. The Morgan fingerprint density at radius 3 is 2.82 bits per heavy atom. The van der Waals surface area contributed by atoms with E-state index in [1.54, 1.807) is 0 Å². The van der Waals surface area contributed by atoms with Gasteiger partial charge in [-0.15, -0.1) is 0 Å². The van der Waals surface area contributed by atoms with Crippen molar-refractivity contribution in [1.29, 1.82) is 0 Å². The van der Waals surface area contributed by atoms with Gasteiger partial charge in [-0.3, -0.25) is 4.57 Å². The Morgan fingerprint density at radius 1 is 1.41 bits per heavy atom. The molecule has 1 aromatic heterocycles. The molecule has 0 radical (unpaired) electrons. The summed E-state index contributed by atoms with van der Waals surface area (Å²) in [7, 11) is 0. The van der Waals surface area contributed by atoms with E-state index in [4.69, 9.17) is 14.6 Å². The van der Waals surface area contributed by atoms with E-state index in [0.29, 0.717) is 18.5 Å². The molecule has 2 N–H and O–H groups in total. The van der Waals surface area contributed by atoms with Gasteiger partial charge in [0.15, 0.2) is 5.58 Å². The number of benzene rings is 1. The van der Waals surface area contributed by atoms with Gasteiger partial charge in [-0.2, -0.15) is 0 Å². The minimum atomic E-state index is -1.07. The van der Waals surface area contributed by atoms with Gasteiger partial charge in [0.05, 0.1) is 11.1 Å². The lowest BCUT2D eigenvalue weighted by atomic mass is 10.2. The molecule has 2 aromatic rings.